The molecule has 6 nitrogen and oxygen atoms in total. The number of esters is 1. The summed E-state index contributed by atoms with van der Waals surface area (Å²) in [6, 6.07) is 7.60. The van der Waals surface area contributed by atoms with Crippen LogP contribution in [0.3, 0.4) is 0 Å². The van der Waals surface area contributed by atoms with Gasteiger partial charge in [-0.15, -0.1) is 11.3 Å². The van der Waals surface area contributed by atoms with Crippen molar-refractivity contribution in [3.63, 3.8) is 0 Å². The third-order valence-electron chi connectivity index (χ3n) is 2.97. The fourth-order valence-electron chi connectivity index (χ4n) is 1.84. The lowest BCUT2D eigenvalue weighted by Gasteiger charge is -2.13. The fraction of sp³-hybridized carbons (Fsp3) is 0.143. The Hall–Kier alpha value is -2.54. The lowest BCUT2D eigenvalue weighted by molar-refractivity contribution is 0.0332. The Morgan fingerprint density at radius 3 is 2.76 bits per heavy atom. The summed E-state index contributed by atoms with van der Waals surface area (Å²) >= 11 is 1.36. The largest absolute Gasteiger partial charge is 0.453 e. The normalized spacial score (nSPS) is 12.0. The molecule has 0 spiro atoms. The van der Waals surface area contributed by atoms with Gasteiger partial charge in [0.15, 0.2) is 5.69 Å². The molecule has 106 valence electrons. The Balaban J connectivity index is 1.70. The second-order valence-corrected chi connectivity index (χ2v) is 5.07. The molecule has 0 aliphatic heterocycles. The van der Waals surface area contributed by atoms with E-state index in [0.717, 1.165) is 11.3 Å². The third kappa shape index (κ3) is 2.97. The van der Waals surface area contributed by atoms with E-state index in [9.17, 15) is 4.79 Å². The zero-order chi connectivity index (χ0) is 14.7. The lowest BCUT2D eigenvalue weighted by atomic mass is 10.1. The van der Waals surface area contributed by atoms with E-state index in [4.69, 9.17) is 4.74 Å². The van der Waals surface area contributed by atoms with Crippen LogP contribution in [0, 0.1) is 0 Å². The Kier molecular flexibility index (Phi) is 3.74. The summed E-state index contributed by atoms with van der Waals surface area (Å²) in [5, 5.41) is 5.73. The predicted molar refractivity (Wildman–Crippen MR) is 77.3 cm³/mol. The molecule has 21 heavy (non-hydrogen) atoms. The van der Waals surface area contributed by atoms with Crippen molar-refractivity contribution in [3.05, 3.63) is 59.1 Å². The highest BCUT2D eigenvalue weighted by atomic mass is 32.1. The van der Waals surface area contributed by atoms with Crippen molar-refractivity contribution in [2.24, 2.45) is 0 Å². The topological polar surface area (TPSA) is 69.9 Å². The van der Waals surface area contributed by atoms with Crippen molar-refractivity contribution in [2.45, 2.75) is 13.0 Å². The number of carbonyl (C=O) groups is 1. The zero-order valence-corrected chi connectivity index (χ0v) is 12.0. The monoisotopic (exact) mass is 300 g/mol. The second kappa shape index (κ2) is 5.84. The van der Waals surface area contributed by atoms with Crippen molar-refractivity contribution in [3.8, 4) is 5.69 Å². The highest BCUT2D eigenvalue weighted by Gasteiger charge is 2.15. The molecule has 3 rings (SSSR count). The van der Waals surface area contributed by atoms with E-state index in [-0.39, 0.29) is 6.10 Å². The number of aromatic nitrogens is 4. The van der Waals surface area contributed by atoms with Crippen molar-refractivity contribution in [2.75, 3.05) is 0 Å². The van der Waals surface area contributed by atoms with Crippen LogP contribution >= 0.6 is 11.3 Å². The van der Waals surface area contributed by atoms with Gasteiger partial charge in [-0.3, -0.25) is 0 Å². The third-order valence-corrected chi connectivity index (χ3v) is 3.56. The summed E-state index contributed by atoms with van der Waals surface area (Å²) in [5.74, 6) is -0.413. The maximum atomic E-state index is 11.8. The van der Waals surface area contributed by atoms with E-state index in [1.54, 1.807) is 21.9 Å². The Morgan fingerprint density at radius 2 is 2.14 bits per heavy atom. The van der Waals surface area contributed by atoms with Gasteiger partial charge < -0.3 is 4.74 Å². The second-order valence-electron chi connectivity index (χ2n) is 4.35. The molecule has 1 aromatic carbocycles. The molecular weight excluding hydrogens is 288 g/mol. The molecule has 2 aromatic heterocycles. The Bertz CT molecular complexity index is 708. The van der Waals surface area contributed by atoms with Crippen molar-refractivity contribution in [1.29, 1.82) is 0 Å². The minimum absolute atomic E-state index is 0.339. The molecule has 1 unspecified atom stereocenters. The number of benzene rings is 1. The molecule has 0 saturated heterocycles. The van der Waals surface area contributed by atoms with Gasteiger partial charge in [0.1, 0.15) is 18.8 Å². The van der Waals surface area contributed by atoms with E-state index < -0.39 is 5.97 Å². The summed E-state index contributed by atoms with van der Waals surface area (Å²) in [4.78, 5) is 19.7. The van der Waals surface area contributed by atoms with Gasteiger partial charge in [0.2, 0.25) is 0 Å². The van der Waals surface area contributed by atoms with Crippen molar-refractivity contribution >= 4 is 17.3 Å². The van der Waals surface area contributed by atoms with Gasteiger partial charge in [-0.1, -0.05) is 12.1 Å². The first-order valence-corrected chi connectivity index (χ1v) is 7.22. The summed E-state index contributed by atoms with van der Waals surface area (Å²) in [5.41, 5.74) is 3.75. The Labute approximate surface area is 125 Å². The molecule has 0 aliphatic rings. The first kappa shape index (κ1) is 13.4. The first-order chi connectivity index (χ1) is 10.2. The number of ether oxygens (including phenoxy) is 1. The van der Waals surface area contributed by atoms with Crippen LogP contribution in [0.25, 0.3) is 5.69 Å². The van der Waals surface area contributed by atoms with Crippen LogP contribution in [0.4, 0.5) is 0 Å². The molecule has 0 fully saturated rings. The van der Waals surface area contributed by atoms with Crippen LogP contribution in [0.2, 0.25) is 0 Å². The van der Waals surface area contributed by atoms with Gasteiger partial charge in [-0.25, -0.2) is 19.4 Å². The standard InChI is InChI=1S/C14H12N4O2S/c1-10(20-14(19)13-6-21-9-16-13)11-2-4-12(5-3-11)18-8-15-7-17-18/h2-10H,1H3. The maximum Gasteiger partial charge on any atom is 0.358 e. The van der Waals surface area contributed by atoms with E-state index in [1.807, 2.05) is 31.2 Å². The highest BCUT2D eigenvalue weighted by Crippen LogP contribution is 2.20. The molecule has 0 bridgehead atoms. The van der Waals surface area contributed by atoms with Crippen LogP contribution in [-0.4, -0.2) is 25.7 Å². The summed E-state index contributed by atoms with van der Waals surface area (Å²) in [6.07, 6.45) is 2.76. The SMILES string of the molecule is CC(OC(=O)c1cscn1)c1ccc(-n2cncn2)cc1. The number of nitrogens with zero attached hydrogens (tertiary/aromatic N) is 4. The van der Waals surface area contributed by atoms with E-state index >= 15 is 0 Å². The maximum absolute atomic E-state index is 11.8. The van der Waals surface area contributed by atoms with Crippen LogP contribution in [0.5, 0.6) is 0 Å². The molecule has 3 aromatic rings. The van der Waals surface area contributed by atoms with Gasteiger partial charge in [0.25, 0.3) is 0 Å². The minimum Gasteiger partial charge on any atom is -0.453 e. The molecule has 0 amide bonds. The van der Waals surface area contributed by atoms with E-state index in [2.05, 4.69) is 15.1 Å². The number of thiazole rings is 1. The number of hydrogen-bond acceptors (Lipinski definition) is 6. The van der Waals surface area contributed by atoms with Gasteiger partial charge in [-0.2, -0.15) is 5.10 Å². The molecule has 1 atom stereocenters. The smallest absolute Gasteiger partial charge is 0.358 e. The van der Waals surface area contributed by atoms with Crippen molar-refractivity contribution in [1.82, 2.24) is 19.7 Å². The molecule has 0 radical (unpaired) electrons. The van der Waals surface area contributed by atoms with Crippen LogP contribution in [0.15, 0.2) is 47.8 Å². The minimum atomic E-state index is -0.413. The molecule has 7 heteroatoms. The average Bonchev–Trinajstić information content (AvgIpc) is 3.20. The lowest BCUT2D eigenvalue weighted by Crippen LogP contribution is -2.09. The zero-order valence-electron chi connectivity index (χ0n) is 11.2. The summed E-state index contributed by atoms with van der Waals surface area (Å²) < 4.78 is 7.04. The van der Waals surface area contributed by atoms with Gasteiger partial charge in [0.05, 0.1) is 11.2 Å². The quantitative estimate of drug-likeness (QED) is 0.693. The van der Waals surface area contributed by atoms with E-state index in [0.29, 0.717) is 5.69 Å². The first-order valence-electron chi connectivity index (χ1n) is 6.28. The van der Waals surface area contributed by atoms with Gasteiger partial charge in [-0.05, 0) is 24.6 Å². The predicted octanol–water partition coefficient (Wildman–Crippen LogP) is 2.64. The summed E-state index contributed by atoms with van der Waals surface area (Å²) in [6.45, 7) is 1.83. The molecular formula is C14H12N4O2S. The number of rotatable bonds is 4. The van der Waals surface area contributed by atoms with Crippen LogP contribution in [-0.2, 0) is 4.74 Å². The molecule has 0 saturated carbocycles. The van der Waals surface area contributed by atoms with Gasteiger partial charge in [0, 0.05) is 5.38 Å². The summed E-state index contributed by atoms with van der Waals surface area (Å²) in [7, 11) is 0. The molecule has 2 heterocycles. The number of hydrogen-bond donors (Lipinski definition) is 0. The molecule has 0 N–H and O–H groups in total. The van der Waals surface area contributed by atoms with Crippen LogP contribution < -0.4 is 0 Å². The number of carbonyl (C=O) groups excluding carboxylic acids is 1. The van der Waals surface area contributed by atoms with Crippen molar-refractivity contribution < 1.29 is 9.53 Å². The fourth-order valence-corrected chi connectivity index (χ4v) is 2.36. The Morgan fingerprint density at radius 1 is 1.33 bits per heavy atom. The average molecular weight is 300 g/mol. The van der Waals surface area contributed by atoms with E-state index in [1.165, 1.54) is 17.7 Å². The molecule has 0 aliphatic carbocycles. The van der Waals surface area contributed by atoms with Crippen LogP contribution in [0.1, 0.15) is 29.1 Å². The van der Waals surface area contributed by atoms with Gasteiger partial charge >= 0.3 is 5.97 Å². The highest BCUT2D eigenvalue weighted by molar-refractivity contribution is 7.07.